The number of rotatable bonds is 3. The fourth-order valence-corrected chi connectivity index (χ4v) is 1.96. The number of thiocarbonyl (C=S) groups is 1. The molecule has 0 aromatic carbocycles. The fourth-order valence-electron chi connectivity index (χ4n) is 1.69. The van der Waals surface area contributed by atoms with E-state index >= 15 is 0 Å². The van der Waals surface area contributed by atoms with Gasteiger partial charge in [-0.15, -0.1) is 0 Å². The molecule has 0 atom stereocenters. The highest BCUT2D eigenvalue weighted by molar-refractivity contribution is 7.80. The second-order valence-corrected chi connectivity index (χ2v) is 4.06. The van der Waals surface area contributed by atoms with Crippen LogP contribution in [0.3, 0.4) is 0 Å². The summed E-state index contributed by atoms with van der Waals surface area (Å²) >= 11 is 5.15. The van der Waals surface area contributed by atoms with Crippen LogP contribution in [0.1, 0.15) is 18.3 Å². The van der Waals surface area contributed by atoms with E-state index in [2.05, 4.69) is 9.38 Å². The summed E-state index contributed by atoms with van der Waals surface area (Å²) in [5.41, 5.74) is 3.07. The highest BCUT2D eigenvalue weighted by Gasteiger charge is 2.05. The van der Waals surface area contributed by atoms with Crippen LogP contribution in [0.15, 0.2) is 24.4 Å². The van der Waals surface area contributed by atoms with Gasteiger partial charge in [0.2, 0.25) is 0 Å². The van der Waals surface area contributed by atoms with Gasteiger partial charge in [0.05, 0.1) is 18.7 Å². The number of nitrogens with zero attached hydrogens (tertiary/aromatic N) is 2. The third-order valence-corrected chi connectivity index (χ3v) is 2.59. The van der Waals surface area contributed by atoms with E-state index in [4.69, 9.17) is 17.0 Å². The number of ether oxygens (including phenoxy) is 1. The molecule has 2 aromatic rings. The van der Waals surface area contributed by atoms with Crippen LogP contribution in [0, 0.1) is 6.92 Å². The van der Waals surface area contributed by atoms with Gasteiger partial charge in [-0.2, -0.15) is 0 Å². The number of aryl methyl sites for hydroxylation is 1. The van der Waals surface area contributed by atoms with Gasteiger partial charge >= 0.3 is 0 Å². The first-order chi connectivity index (χ1) is 7.70. The Morgan fingerprint density at radius 3 is 3.06 bits per heavy atom. The van der Waals surface area contributed by atoms with Crippen molar-refractivity contribution in [2.24, 2.45) is 0 Å². The van der Waals surface area contributed by atoms with Crippen molar-refractivity contribution in [1.82, 2.24) is 9.38 Å². The van der Waals surface area contributed by atoms with Crippen LogP contribution >= 0.6 is 12.2 Å². The molecule has 0 aliphatic rings. The minimum atomic E-state index is 0.623. The Balaban J connectivity index is 2.33. The number of hydrogen-bond donors (Lipinski definition) is 0. The molecule has 0 N–H and O–H groups in total. The molecule has 0 fully saturated rings. The van der Waals surface area contributed by atoms with Crippen molar-refractivity contribution in [1.29, 1.82) is 0 Å². The molecule has 0 unspecified atom stereocenters. The molecule has 16 heavy (non-hydrogen) atoms. The predicted molar refractivity (Wildman–Crippen MR) is 67.9 cm³/mol. The lowest BCUT2D eigenvalue weighted by Gasteiger charge is -2.07. The molecule has 0 aliphatic heterocycles. The number of imidazole rings is 1. The molecule has 2 rings (SSSR count). The van der Waals surface area contributed by atoms with Crippen LogP contribution in [0.4, 0.5) is 0 Å². The Morgan fingerprint density at radius 1 is 1.50 bits per heavy atom. The van der Waals surface area contributed by atoms with Gasteiger partial charge in [0, 0.05) is 11.9 Å². The lowest BCUT2D eigenvalue weighted by molar-refractivity contribution is 0.329. The Morgan fingerprint density at radius 2 is 2.31 bits per heavy atom. The van der Waals surface area contributed by atoms with Gasteiger partial charge in [0.25, 0.3) is 0 Å². The first-order valence-electron chi connectivity index (χ1n) is 5.30. The number of pyridine rings is 1. The molecule has 2 aromatic heterocycles. The van der Waals surface area contributed by atoms with E-state index in [0.717, 1.165) is 17.0 Å². The first-order valence-corrected chi connectivity index (χ1v) is 5.70. The highest BCUT2D eigenvalue weighted by Crippen LogP contribution is 2.10. The van der Waals surface area contributed by atoms with Crippen LogP contribution in [0.5, 0.6) is 0 Å². The van der Waals surface area contributed by atoms with Crippen LogP contribution in [0.25, 0.3) is 5.65 Å². The van der Waals surface area contributed by atoms with Gasteiger partial charge in [-0.25, -0.2) is 4.98 Å². The lowest BCUT2D eigenvalue weighted by Crippen LogP contribution is -2.08. The summed E-state index contributed by atoms with van der Waals surface area (Å²) in [7, 11) is 0. The van der Waals surface area contributed by atoms with E-state index in [-0.39, 0.29) is 0 Å². The van der Waals surface area contributed by atoms with Gasteiger partial charge in [0.1, 0.15) is 5.65 Å². The molecule has 0 aliphatic carbocycles. The monoisotopic (exact) mass is 234 g/mol. The number of fused-ring (bicyclic) bond motifs is 1. The molecule has 0 radical (unpaired) electrons. The second kappa shape index (κ2) is 4.61. The maximum absolute atomic E-state index is 5.30. The summed E-state index contributed by atoms with van der Waals surface area (Å²) in [6.07, 6.45) is 2.66. The molecule has 0 bridgehead atoms. The Kier molecular flexibility index (Phi) is 3.19. The molecule has 84 valence electrons. The zero-order chi connectivity index (χ0) is 11.5. The first kappa shape index (κ1) is 11.1. The average molecular weight is 234 g/mol. The van der Waals surface area contributed by atoms with Gasteiger partial charge in [-0.05, 0) is 38.2 Å². The highest BCUT2D eigenvalue weighted by atomic mass is 32.1. The van der Waals surface area contributed by atoms with Gasteiger partial charge in [-0.1, -0.05) is 6.07 Å². The lowest BCUT2D eigenvalue weighted by atomic mass is 10.3. The van der Waals surface area contributed by atoms with E-state index in [0.29, 0.717) is 18.1 Å². The van der Waals surface area contributed by atoms with E-state index in [1.54, 1.807) is 0 Å². The minimum absolute atomic E-state index is 0.623. The number of hydrogen-bond acceptors (Lipinski definition) is 3. The summed E-state index contributed by atoms with van der Waals surface area (Å²) < 4.78 is 7.36. The van der Waals surface area contributed by atoms with E-state index in [9.17, 15) is 0 Å². The summed E-state index contributed by atoms with van der Waals surface area (Å²) in [4.78, 5) is 4.41. The predicted octanol–water partition coefficient (Wildman–Crippen LogP) is 2.55. The van der Waals surface area contributed by atoms with Crippen molar-refractivity contribution in [2.45, 2.75) is 20.3 Å². The third-order valence-electron chi connectivity index (χ3n) is 2.33. The standard InChI is InChI=1S/C12H14N2OS/c1-3-15-12(16)7-10-5-4-6-11-13-9(2)8-14(10)11/h4-6,8H,3,7H2,1-2H3. The molecule has 0 amide bonds. The Hall–Kier alpha value is -1.42. The van der Waals surface area contributed by atoms with Crippen molar-refractivity contribution < 1.29 is 4.74 Å². The van der Waals surface area contributed by atoms with Crippen molar-refractivity contribution in [3.8, 4) is 0 Å². The average Bonchev–Trinajstić information content (AvgIpc) is 2.60. The minimum Gasteiger partial charge on any atom is -0.487 e. The van der Waals surface area contributed by atoms with E-state index in [1.165, 1.54) is 0 Å². The maximum Gasteiger partial charge on any atom is 0.165 e. The topological polar surface area (TPSA) is 26.5 Å². The summed E-state index contributed by atoms with van der Waals surface area (Å²) in [5, 5.41) is 0.626. The Bertz CT molecular complexity index is 519. The summed E-state index contributed by atoms with van der Waals surface area (Å²) in [6, 6.07) is 6.02. The van der Waals surface area contributed by atoms with Crippen LogP contribution in [-0.2, 0) is 11.2 Å². The normalized spacial score (nSPS) is 10.6. The molecular weight excluding hydrogens is 220 g/mol. The van der Waals surface area contributed by atoms with Crippen molar-refractivity contribution in [3.63, 3.8) is 0 Å². The molecular formula is C12H14N2OS. The zero-order valence-electron chi connectivity index (χ0n) is 9.43. The smallest absolute Gasteiger partial charge is 0.165 e. The van der Waals surface area contributed by atoms with E-state index in [1.807, 2.05) is 38.2 Å². The third kappa shape index (κ3) is 2.22. The molecule has 0 saturated heterocycles. The molecule has 0 spiro atoms. The van der Waals surface area contributed by atoms with Crippen molar-refractivity contribution in [2.75, 3.05) is 6.61 Å². The quantitative estimate of drug-likeness (QED) is 0.763. The Labute approximate surface area is 100 Å². The summed E-state index contributed by atoms with van der Waals surface area (Å²) in [6.45, 7) is 4.55. The van der Waals surface area contributed by atoms with Crippen LogP contribution in [0.2, 0.25) is 0 Å². The molecule has 4 heteroatoms. The van der Waals surface area contributed by atoms with Crippen LogP contribution < -0.4 is 0 Å². The van der Waals surface area contributed by atoms with Gasteiger partial charge in [0.15, 0.2) is 5.05 Å². The number of aromatic nitrogens is 2. The molecule has 2 heterocycles. The second-order valence-electron chi connectivity index (χ2n) is 3.61. The van der Waals surface area contributed by atoms with Crippen LogP contribution in [-0.4, -0.2) is 21.0 Å². The molecule has 3 nitrogen and oxygen atoms in total. The fraction of sp³-hybridized carbons (Fsp3) is 0.333. The van der Waals surface area contributed by atoms with E-state index < -0.39 is 0 Å². The van der Waals surface area contributed by atoms with Crippen molar-refractivity contribution in [3.05, 3.63) is 35.8 Å². The summed E-state index contributed by atoms with van der Waals surface area (Å²) in [5.74, 6) is 0. The van der Waals surface area contributed by atoms with Crippen molar-refractivity contribution >= 4 is 22.9 Å². The SMILES string of the molecule is CCOC(=S)Cc1cccc2nc(C)cn12. The maximum atomic E-state index is 5.30. The largest absolute Gasteiger partial charge is 0.487 e. The van der Waals surface area contributed by atoms with Gasteiger partial charge < -0.3 is 9.14 Å². The van der Waals surface area contributed by atoms with Gasteiger partial charge in [-0.3, -0.25) is 0 Å². The molecule has 0 saturated carbocycles. The zero-order valence-corrected chi connectivity index (χ0v) is 10.3.